The summed E-state index contributed by atoms with van der Waals surface area (Å²) in [5.74, 6) is 8.98. The smallest absolute Gasteiger partial charge is 0.0579 e. The first-order valence-electron chi connectivity index (χ1n) is 38.5. The molecule has 0 amide bonds. The van der Waals surface area contributed by atoms with Gasteiger partial charge in [0.05, 0.1) is 12.2 Å². The maximum Gasteiger partial charge on any atom is 0.0579 e. The van der Waals surface area contributed by atoms with E-state index in [4.69, 9.17) is 4.74 Å². The SMILES string of the molecule is C=CC1CCC(OC2CCC(C3(C4CCCCC4)C4=C(CCCC4)C4C=CC(N(C5=CCC(C6CC7=C(CC6C)N(C6=CCCCC6)C6=CCCCC67C)CC5)C5CCC6C7CCC=CC7C7(C8=C(C=CCC8)C8=C7CCCC8)C6C5)=CC43)CC2)CC1. The van der Waals surface area contributed by atoms with E-state index in [1.165, 1.54) is 257 Å². The van der Waals surface area contributed by atoms with Crippen LogP contribution in [0, 0.1) is 87.3 Å². The molecule has 17 aliphatic rings. The van der Waals surface area contributed by atoms with E-state index in [1.54, 1.807) is 34.1 Å². The third-order valence-electron chi connectivity index (χ3n) is 29.8. The Morgan fingerprint density at radius 1 is 0.609 bits per heavy atom. The Kier molecular flexibility index (Phi) is 15.3. The van der Waals surface area contributed by atoms with Gasteiger partial charge in [0.15, 0.2) is 0 Å². The van der Waals surface area contributed by atoms with Crippen molar-refractivity contribution in [2.24, 2.45) is 87.3 Å². The van der Waals surface area contributed by atoms with Gasteiger partial charge < -0.3 is 14.5 Å². The molecule has 13 atom stereocenters. The average molecular weight is 1170 g/mol. The lowest BCUT2D eigenvalue weighted by Gasteiger charge is -2.54. The molecule has 0 aromatic rings. The molecule has 0 bridgehead atoms. The minimum atomic E-state index is 0.232. The fourth-order valence-corrected chi connectivity index (χ4v) is 26.3. The van der Waals surface area contributed by atoms with Crippen LogP contribution in [0.5, 0.6) is 0 Å². The second-order valence-corrected chi connectivity index (χ2v) is 33.3. The summed E-state index contributed by atoms with van der Waals surface area (Å²) >= 11 is 0. The van der Waals surface area contributed by atoms with Crippen molar-refractivity contribution in [3.8, 4) is 0 Å². The first-order valence-corrected chi connectivity index (χ1v) is 38.5. The van der Waals surface area contributed by atoms with Gasteiger partial charge in [-0.2, -0.15) is 0 Å². The lowest BCUT2D eigenvalue weighted by molar-refractivity contribution is -0.0727. The fourth-order valence-electron chi connectivity index (χ4n) is 26.3. The lowest BCUT2D eigenvalue weighted by atomic mass is 9.50. The van der Waals surface area contributed by atoms with Gasteiger partial charge in [-0.15, -0.1) is 6.58 Å². The number of fused-ring (bicyclic) bond motifs is 12. The van der Waals surface area contributed by atoms with Crippen LogP contribution in [0.1, 0.15) is 271 Å². The second kappa shape index (κ2) is 23.2. The molecule has 17 rings (SSSR count). The van der Waals surface area contributed by atoms with Crippen molar-refractivity contribution in [2.45, 2.75) is 289 Å². The van der Waals surface area contributed by atoms with E-state index in [9.17, 15) is 0 Å². The highest BCUT2D eigenvalue weighted by molar-refractivity contribution is 5.63. The maximum absolute atomic E-state index is 7.18. The highest BCUT2D eigenvalue weighted by Gasteiger charge is 2.67. The van der Waals surface area contributed by atoms with Crippen LogP contribution in [0.2, 0.25) is 0 Å². The van der Waals surface area contributed by atoms with Crippen molar-refractivity contribution in [3.05, 3.63) is 141 Å². The standard InChI is InChI=1S/C84H114N2O/c1-4-56-34-44-64(45-35-56)87-65-46-38-59(39-47-65)83(58-21-7-5-8-22-58)73-29-15-11-27-68(73)70-48-42-62(52-77(70)83)85(63-43-49-71-69-28-14-18-32-76(69)84(78(71)53-63)74-30-16-12-25-66(74)67-26-13-17-31-75(67)84)61-40-36-57(37-41-61)72-54-79-80(51-55(72)2)86(60-23-9-6-10-24-60)81-33-19-20-50-82(79,81)3/h4,12,18,23,25,32-33,40,42,48,52,55-59,63-65,69-72,76-78H,1,5-11,13-17,19-22,24,26-31,34-39,41,43-47,49-51,53-54H2,2-3H3. The summed E-state index contributed by atoms with van der Waals surface area (Å²) in [6, 6.07) is 0.567. The Morgan fingerprint density at radius 3 is 2.22 bits per heavy atom. The highest BCUT2D eigenvalue weighted by Crippen LogP contribution is 2.74. The Labute approximate surface area is 528 Å². The van der Waals surface area contributed by atoms with Crippen molar-refractivity contribution in [1.82, 2.24) is 9.80 Å². The molecule has 3 heteroatoms. The van der Waals surface area contributed by atoms with Crippen LogP contribution >= 0.6 is 0 Å². The van der Waals surface area contributed by atoms with Crippen molar-refractivity contribution in [2.75, 3.05) is 0 Å². The largest absolute Gasteiger partial charge is 0.375 e. The molecule has 0 radical (unpaired) electrons. The first-order chi connectivity index (χ1) is 42.9. The fraction of sp³-hybridized carbons (Fsp3) is 0.714. The molecular weight excluding hydrogens is 1050 g/mol. The number of hydrogen-bond acceptors (Lipinski definition) is 3. The molecule has 1 aliphatic heterocycles. The van der Waals surface area contributed by atoms with Gasteiger partial charge in [-0.1, -0.05) is 116 Å². The summed E-state index contributed by atoms with van der Waals surface area (Å²) in [7, 11) is 0. The van der Waals surface area contributed by atoms with Gasteiger partial charge >= 0.3 is 0 Å². The topological polar surface area (TPSA) is 15.7 Å². The summed E-state index contributed by atoms with van der Waals surface area (Å²) in [4.78, 5) is 6.13. The average Bonchev–Trinajstić information content (AvgIpc) is 1.56. The van der Waals surface area contributed by atoms with E-state index < -0.39 is 0 Å². The van der Waals surface area contributed by atoms with Crippen LogP contribution < -0.4 is 0 Å². The Balaban J connectivity index is 0.741. The quantitative estimate of drug-likeness (QED) is 0.203. The van der Waals surface area contributed by atoms with Crippen molar-refractivity contribution in [3.63, 3.8) is 0 Å². The van der Waals surface area contributed by atoms with E-state index in [2.05, 4.69) is 97.1 Å². The first kappa shape index (κ1) is 57.3. The molecule has 13 unspecified atom stereocenters. The third-order valence-corrected chi connectivity index (χ3v) is 29.8. The minimum absolute atomic E-state index is 0.232. The van der Waals surface area contributed by atoms with Gasteiger partial charge in [0.2, 0.25) is 0 Å². The number of allylic oxidation sites excluding steroid dienone is 21. The molecule has 5 saturated carbocycles. The van der Waals surface area contributed by atoms with Gasteiger partial charge in [-0.05, 0) is 325 Å². The van der Waals surface area contributed by atoms with Gasteiger partial charge in [0.1, 0.15) is 0 Å². The Morgan fingerprint density at radius 2 is 1.40 bits per heavy atom. The number of nitrogens with zero attached hydrogens (tertiary/aromatic N) is 2. The molecule has 5 fully saturated rings. The molecule has 1 spiro atoms. The number of hydrogen-bond donors (Lipinski definition) is 0. The zero-order valence-corrected chi connectivity index (χ0v) is 54.8. The van der Waals surface area contributed by atoms with Crippen LogP contribution in [-0.4, -0.2) is 28.0 Å². The Hall–Kier alpha value is -3.56. The van der Waals surface area contributed by atoms with Crippen molar-refractivity contribution < 1.29 is 4.74 Å². The van der Waals surface area contributed by atoms with Crippen LogP contribution in [-0.2, 0) is 4.74 Å². The molecule has 0 N–H and O–H groups in total. The molecule has 0 aromatic carbocycles. The molecule has 0 saturated heterocycles. The van der Waals surface area contributed by atoms with E-state index in [1.807, 2.05) is 33.4 Å². The zero-order chi connectivity index (χ0) is 58.0. The van der Waals surface area contributed by atoms with Gasteiger partial charge in [0.25, 0.3) is 0 Å². The van der Waals surface area contributed by atoms with Gasteiger partial charge in [-0.25, -0.2) is 0 Å². The number of ether oxygens (including phenoxy) is 1. The molecule has 0 aromatic heterocycles. The molecular formula is C84H114N2O. The monoisotopic (exact) mass is 1170 g/mol. The predicted molar refractivity (Wildman–Crippen MR) is 359 cm³/mol. The maximum atomic E-state index is 7.18. The predicted octanol–water partition coefficient (Wildman–Crippen LogP) is 22.5. The zero-order valence-electron chi connectivity index (χ0n) is 54.8. The highest BCUT2D eigenvalue weighted by atomic mass is 16.5. The normalized spacial score (nSPS) is 43.4. The van der Waals surface area contributed by atoms with E-state index in [0.717, 1.165) is 47.3 Å². The second-order valence-electron chi connectivity index (χ2n) is 33.3. The van der Waals surface area contributed by atoms with Crippen molar-refractivity contribution >= 4 is 0 Å². The number of rotatable bonds is 10. The summed E-state index contributed by atoms with van der Waals surface area (Å²) < 4.78 is 7.18. The molecule has 466 valence electrons. The summed E-state index contributed by atoms with van der Waals surface area (Å²) in [5, 5.41) is 0. The van der Waals surface area contributed by atoms with E-state index in [0.29, 0.717) is 47.3 Å². The minimum Gasteiger partial charge on any atom is -0.375 e. The van der Waals surface area contributed by atoms with Crippen LogP contribution in [0.15, 0.2) is 141 Å². The van der Waals surface area contributed by atoms with Crippen LogP contribution in [0.3, 0.4) is 0 Å². The van der Waals surface area contributed by atoms with Crippen LogP contribution in [0.4, 0.5) is 0 Å². The van der Waals surface area contributed by atoms with Crippen molar-refractivity contribution in [1.29, 1.82) is 0 Å². The summed E-state index contributed by atoms with van der Waals surface area (Å²) in [6.45, 7) is 9.57. The van der Waals surface area contributed by atoms with Crippen LogP contribution in [0.25, 0.3) is 0 Å². The summed E-state index contributed by atoms with van der Waals surface area (Å²) in [6.07, 6.45) is 85.1. The van der Waals surface area contributed by atoms with Gasteiger partial charge in [0, 0.05) is 56.7 Å². The van der Waals surface area contributed by atoms with Gasteiger partial charge in [-0.3, -0.25) is 0 Å². The van der Waals surface area contributed by atoms with E-state index in [-0.39, 0.29) is 10.8 Å². The third kappa shape index (κ3) is 9.08. The molecule has 87 heavy (non-hydrogen) atoms. The molecule has 3 nitrogen and oxygen atoms in total. The molecule has 1 heterocycles. The molecule has 16 aliphatic carbocycles. The lowest BCUT2D eigenvalue weighted by Crippen LogP contribution is -2.48. The Bertz CT molecular complexity index is 3060. The van der Waals surface area contributed by atoms with E-state index >= 15 is 0 Å². The summed E-state index contributed by atoms with van der Waals surface area (Å²) in [5.41, 5.74) is 22.7.